The van der Waals surface area contributed by atoms with Gasteiger partial charge in [-0.1, -0.05) is 17.7 Å². The molecule has 0 spiro atoms. The van der Waals surface area contributed by atoms with E-state index < -0.39 is 21.1 Å². The van der Waals surface area contributed by atoms with E-state index in [0.717, 1.165) is 15.4 Å². The van der Waals surface area contributed by atoms with Gasteiger partial charge >= 0.3 is 0 Å². The molecule has 1 unspecified atom stereocenters. The molecule has 0 bridgehead atoms. The number of halogens is 1. The van der Waals surface area contributed by atoms with Crippen LogP contribution in [0.1, 0.15) is 12.0 Å². The van der Waals surface area contributed by atoms with Crippen molar-refractivity contribution in [2.45, 2.75) is 28.4 Å². The van der Waals surface area contributed by atoms with Crippen LogP contribution in [0.3, 0.4) is 0 Å². The van der Waals surface area contributed by atoms with Crippen LogP contribution >= 0.6 is 11.8 Å². The molecular weight excluding hydrogens is 451 g/mol. The van der Waals surface area contributed by atoms with Gasteiger partial charge < -0.3 is 0 Å². The van der Waals surface area contributed by atoms with Gasteiger partial charge in [-0.15, -0.1) is 11.8 Å². The summed E-state index contributed by atoms with van der Waals surface area (Å²) in [5.74, 6) is -1.16. The van der Waals surface area contributed by atoms with E-state index in [1.165, 1.54) is 48.2 Å². The van der Waals surface area contributed by atoms with Crippen molar-refractivity contribution in [3.63, 3.8) is 0 Å². The first-order valence-corrected chi connectivity index (χ1v) is 12.1. The third-order valence-electron chi connectivity index (χ3n) is 4.91. The molecule has 2 amide bonds. The summed E-state index contributed by atoms with van der Waals surface area (Å²) >= 11 is 1.23. The van der Waals surface area contributed by atoms with Crippen LogP contribution in [-0.4, -0.2) is 25.5 Å². The minimum absolute atomic E-state index is 0.0304. The Bertz CT molecular complexity index is 1260. The summed E-state index contributed by atoms with van der Waals surface area (Å²) in [6, 6.07) is 18.3. The second-order valence-electron chi connectivity index (χ2n) is 7.30. The van der Waals surface area contributed by atoms with Gasteiger partial charge in [0.1, 0.15) is 5.82 Å². The lowest BCUT2D eigenvalue weighted by molar-refractivity contribution is -0.121. The molecule has 4 rings (SSSR count). The third kappa shape index (κ3) is 4.68. The second-order valence-corrected chi connectivity index (χ2v) is 10.3. The number of hydrogen-bond donors (Lipinski definition) is 1. The number of carbonyl (C=O) groups is 2. The Balaban J connectivity index is 1.43. The zero-order valence-electron chi connectivity index (χ0n) is 17.0. The molecule has 0 aromatic heterocycles. The number of thioether (sulfide) groups is 1. The molecule has 3 aromatic rings. The van der Waals surface area contributed by atoms with Crippen LogP contribution in [0.15, 0.2) is 82.6 Å². The minimum atomic E-state index is -3.71. The van der Waals surface area contributed by atoms with Crippen molar-refractivity contribution in [1.82, 2.24) is 0 Å². The van der Waals surface area contributed by atoms with E-state index in [9.17, 15) is 22.4 Å². The topological polar surface area (TPSA) is 83.6 Å². The quantitative estimate of drug-likeness (QED) is 0.541. The van der Waals surface area contributed by atoms with Crippen LogP contribution in [-0.2, 0) is 19.6 Å². The predicted octanol–water partition coefficient (Wildman–Crippen LogP) is 4.36. The molecule has 1 N–H and O–H groups in total. The molecule has 1 saturated heterocycles. The van der Waals surface area contributed by atoms with Gasteiger partial charge in [-0.2, -0.15) is 0 Å². The molecule has 1 fully saturated rings. The molecule has 1 heterocycles. The van der Waals surface area contributed by atoms with Gasteiger partial charge in [0.25, 0.3) is 10.0 Å². The number of rotatable bonds is 6. The summed E-state index contributed by atoms with van der Waals surface area (Å²) in [6.07, 6.45) is 0.0304. The van der Waals surface area contributed by atoms with Crippen LogP contribution in [0.25, 0.3) is 0 Å². The average Bonchev–Trinajstić information content (AvgIpc) is 3.03. The Hall–Kier alpha value is -3.17. The SMILES string of the molecule is Cc1ccc(S(=O)(=O)Nc2ccc(SC3CC(=O)N(c4ccc(F)cc4)C3=O)cc2)cc1. The average molecular weight is 471 g/mol. The van der Waals surface area contributed by atoms with Crippen molar-refractivity contribution < 1.29 is 22.4 Å². The summed E-state index contributed by atoms with van der Waals surface area (Å²) in [5, 5.41) is -0.609. The van der Waals surface area contributed by atoms with Crippen LogP contribution < -0.4 is 9.62 Å². The molecule has 0 aliphatic carbocycles. The highest BCUT2D eigenvalue weighted by atomic mass is 32.2. The van der Waals surface area contributed by atoms with E-state index in [-0.39, 0.29) is 23.1 Å². The number of imide groups is 1. The number of nitrogens with zero attached hydrogens (tertiary/aromatic N) is 1. The molecule has 164 valence electrons. The Labute approximate surface area is 189 Å². The Kier molecular flexibility index (Phi) is 6.03. The van der Waals surface area contributed by atoms with E-state index >= 15 is 0 Å². The van der Waals surface area contributed by atoms with Gasteiger partial charge in [0, 0.05) is 17.0 Å². The van der Waals surface area contributed by atoms with Crippen LogP contribution in [0.5, 0.6) is 0 Å². The molecule has 3 aromatic carbocycles. The van der Waals surface area contributed by atoms with Gasteiger partial charge in [-0.3, -0.25) is 14.3 Å². The van der Waals surface area contributed by atoms with Gasteiger partial charge in [0.2, 0.25) is 11.8 Å². The lowest BCUT2D eigenvalue weighted by atomic mass is 10.2. The maximum atomic E-state index is 13.1. The highest BCUT2D eigenvalue weighted by Gasteiger charge is 2.40. The molecule has 6 nitrogen and oxygen atoms in total. The number of carbonyl (C=O) groups excluding carboxylic acids is 2. The fourth-order valence-corrected chi connectivity index (χ4v) is 5.37. The standard InChI is InChI=1S/C23H19FN2O4S2/c1-15-2-12-20(13-3-15)32(29,30)25-17-6-10-19(11-7-17)31-21-14-22(27)26(23(21)28)18-8-4-16(24)5-9-18/h2-13,21,25H,14H2,1H3. The van der Waals surface area contributed by atoms with E-state index in [1.807, 2.05) is 6.92 Å². The van der Waals surface area contributed by atoms with E-state index in [4.69, 9.17) is 0 Å². The van der Waals surface area contributed by atoms with Crippen molar-refractivity contribution in [2.75, 3.05) is 9.62 Å². The summed E-state index contributed by atoms with van der Waals surface area (Å²) in [4.78, 5) is 27.1. The van der Waals surface area contributed by atoms with Crippen molar-refractivity contribution in [1.29, 1.82) is 0 Å². The fraction of sp³-hybridized carbons (Fsp3) is 0.130. The van der Waals surface area contributed by atoms with E-state index in [1.54, 1.807) is 36.4 Å². The number of anilines is 2. The number of nitrogens with one attached hydrogen (secondary N) is 1. The van der Waals surface area contributed by atoms with Crippen molar-refractivity contribution >= 4 is 45.0 Å². The van der Waals surface area contributed by atoms with Crippen molar-refractivity contribution in [3.8, 4) is 0 Å². The van der Waals surface area contributed by atoms with E-state index in [2.05, 4.69) is 4.72 Å². The number of amides is 2. The van der Waals surface area contributed by atoms with Gasteiger partial charge in [0.05, 0.1) is 15.8 Å². The van der Waals surface area contributed by atoms with Crippen molar-refractivity contribution in [2.24, 2.45) is 0 Å². The van der Waals surface area contributed by atoms with Crippen LogP contribution in [0.4, 0.5) is 15.8 Å². The highest BCUT2D eigenvalue weighted by Crippen LogP contribution is 2.34. The van der Waals surface area contributed by atoms with Gasteiger partial charge in [0.15, 0.2) is 0 Å². The molecule has 9 heteroatoms. The first kappa shape index (κ1) is 22.0. The smallest absolute Gasteiger partial charge is 0.261 e. The number of benzene rings is 3. The molecular formula is C23H19FN2O4S2. The van der Waals surface area contributed by atoms with Crippen LogP contribution in [0.2, 0.25) is 0 Å². The predicted molar refractivity (Wildman–Crippen MR) is 122 cm³/mol. The minimum Gasteiger partial charge on any atom is -0.280 e. The third-order valence-corrected chi connectivity index (χ3v) is 7.50. The van der Waals surface area contributed by atoms with Gasteiger partial charge in [-0.05, 0) is 67.6 Å². The Morgan fingerprint density at radius 2 is 1.56 bits per heavy atom. The van der Waals surface area contributed by atoms with Gasteiger partial charge in [-0.25, -0.2) is 17.7 Å². The maximum absolute atomic E-state index is 13.1. The molecule has 1 aliphatic rings. The summed E-state index contributed by atoms with van der Waals surface area (Å²) in [6.45, 7) is 1.88. The normalized spacial score (nSPS) is 16.4. The monoisotopic (exact) mass is 470 g/mol. The summed E-state index contributed by atoms with van der Waals surface area (Å²) in [7, 11) is -3.71. The lowest BCUT2D eigenvalue weighted by Gasteiger charge is -2.15. The zero-order chi connectivity index (χ0) is 22.9. The molecule has 1 aliphatic heterocycles. The lowest BCUT2D eigenvalue weighted by Crippen LogP contribution is -2.31. The first-order chi connectivity index (χ1) is 15.2. The molecule has 0 radical (unpaired) electrons. The van der Waals surface area contributed by atoms with Crippen LogP contribution in [0, 0.1) is 12.7 Å². The summed E-state index contributed by atoms with van der Waals surface area (Å²) in [5.41, 5.74) is 1.69. The Morgan fingerprint density at radius 1 is 0.938 bits per heavy atom. The van der Waals surface area contributed by atoms with Crippen molar-refractivity contribution in [3.05, 3.63) is 84.2 Å². The molecule has 1 atom stereocenters. The first-order valence-electron chi connectivity index (χ1n) is 9.71. The molecule has 0 saturated carbocycles. The molecule has 32 heavy (non-hydrogen) atoms. The number of hydrogen-bond acceptors (Lipinski definition) is 5. The highest BCUT2D eigenvalue weighted by molar-refractivity contribution is 8.00. The maximum Gasteiger partial charge on any atom is 0.261 e. The fourth-order valence-electron chi connectivity index (χ4n) is 3.25. The largest absolute Gasteiger partial charge is 0.280 e. The van der Waals surface area contributed by atoms with E-state index in [0.29, 0.717) is 11.4 Å². The summed E-state index contributed by atoms with van der Waals surface area (Å²) < 4.78 is 40.7. The zero-order valence-corrected chi connectivity index (χ0v) is 18.6. The Morgan fingerprint density at radius 3 is 2.19 bits per heavy atom. The second kappa shape index (κ2) is 8.76. The number of sulfonamides is 1. The number of aryl methyl sites for hydroxylation is 1.